The number of carbonyl (C=O) groups excluding carboxylic acids is 3. The van der Waals surface area contributed by atoms with Crippen molar-refractivity contribution in [3.05, 3.63) is 58.6 Å². The Morgan fingerprint density at radius 2 is 1.54 bits per heavy atom. The van der Waals surface area contributed by atoms with Gasteiger partial charge in [-0.05, 0) is 60.9 Å². The zero-order chi connectivity index (χ0) is 20.1. The number of carbonyl (C=O) groups is 3. The van der Waals surface area contributed by atoms with Crippen molar-refractivity contribution in [1.82, 2.24) is 5.32 Å². The molecule has 3 amide bonds. The zero-order valence-electron chi connectivity index (χ0n) is 15.5. The number of rotatable bonds is 7. The molecule has 0 heterocycles. The van der Waals surface area contributed by atoms with Gasteiger partial charge in [0.25, 0.3) is 5.91 Å². The van der Waals surface area contributed by atoms with E-state index in [1.165, 1.54) is 0 Å². The molecule has 2 atom stereocenters. The summed E-state index contributed by atoms with van der Waals surface area (Å²) in [5.74, 6) is 0.152. The first kappa shape index (κ1) is 20.1. The van der Waals surface area contributed by atoms with E-state index < -0.39 is 0 Å². The minimum Gasteiger partial charge on any atom is -0.352 e. The van der Waals surface area contributed by atoms with E-state index in [0.717, 1.165) is 10.9 Å². The van der Waals surface area contributed by atoms with Crippen molar-refractivity contribution in [3.63, 3.8) is 0 Å². The van der Waals surface area contributed by atoms with Crippen LogP contribution >= 0.6 is 15.9 Å². The first-order valence-electron chi connectivity index (χ1n) is 9.17. The lowest BCUT2D eigenvalue weighted by Gasteiger charge is -2.08. The normalized spacial score (nSPS) is 17.5. The molecule has 0 bridgehead atoms. The highest BCUT2D eigenvalue weighted by Crippen LogP contribution is 2.38. The van der Waals surface area contributed by atoms with Gasteiger partial charge in [-0.3, -0.25) is 14.4 Å². The average molecular weight is 444 g/mol. The average Bonchev–Trinajstić information content (AvgIpc) is 3.41. The van der Waals surface area contributed by atoms with E-state index in [0.29, 0.717) is 22.9 Å². The number of benzene rings is 2. The lowest BCUT2D eigenvalue weighted by Crippen LogP contribution is -2.27. The number of nitrogens with one attached hydrogen (secondary N) is 3. The van der Waals surface area contributed by atoms with E-state index in [-0.39, 0.29) is 36.6 Å². The van der Waals surface area contributed by atoms with Crippen LogP contribution in [0.15, 0.2) is 53.0 Å². The minimum absolute atomic E-state index is 0.0292. The number of hydrogen-bond donors (Lipinski definition) is 3. The van der Waals surface area contributed by atoms with Crippen molar-refractivity contribution in [2.75, 3.05) is 17.2 Å². The van der Waals surface area contributed by atoms with Gasteiger partial charge in [-0.15, -0.1) is 0 Å². The van der Waals surface area contributed by atoms with E-state index in [1.54, 1.807) is 36.4 Å². The fourth-order valence-corrected chi connectivity index (χ4v) is 3.04. The molecule has 3 N–H and O–H groups in total. The molecule has 0 saturated heterocycles. The Balaban J connectivity index is 1.41. The molecule has 0 aliphatic heterocycles. The quantitative estimate of drug-likeness (QED) is 0.607. The van der Waals surface area contributed by atoms with Gasteiger partial charge in [-0.2, -0.15) is 0 Å². The third-order valence-electron chi connectivity index (χ3n) is 4.63. The smallest absolute Gasteiger partial charge is 0.251 e. The fraction of sp³-hybridized carbons (Fsp3) is 0.286. The minimum atomic E-state index is -0.259. The molecular formula is C21H22BrN3O3. The van der Waals surface area contributed by atoms with Gasteiger partial charge in [0.05, 0.1) is 0 Å². The third-order valence-corrected chi connectivity index (χ3v) is 5.16. The second-order valence-corrected chi connectivity index (χ2v) is 7.86. The van der Waals surface area contributed by atoms with Crippen molar-refractivity contribution >= 4 is 45.0 Å². The Morgan fingerprint density at radius 1 is 0.964 bits per heavy atom. The molecule has 3 rings (SSSR count). The van der Waals surface area contributed by atoms with Crippen LogP contribution in [0.25, 0.3) is 0 Å². The first-order valence-corrected chi connectivity index (χ1v) is 9.96. The summed E-state index contributed by atoms with van der Waals surface area (Å²) in [5, 5.41) is 8.36. The molecule has 1 aliphatic rings. The summed E-state index contributed by atoms with van der Waals surface area (Å²) in [4.78, 5) is 36.0. The summed E-state index contributed by atoms with van der Waals surface area (Å²) in [6.45, 7) is 2.29. The van der Waals surface area contributed by atoms with Gasteiger partial charge in [-0.1, -0.05) is 22.9 Å². The Bertz CT molecular complexity index is 865. The summed E-state index contributed by atoms with van der Waals surface area (Å²) >= 11 is 3.34. The van der Waals surface area contributed by atoms with Crippen molar-refractivity contribution < 1.29 is 14.4 Å². The van der Waals surface area contributed by atoms with Crippen LogP contribution < -0.4 is 16.0 Å². The molecule has 28 heavy (non-hydrogen) atoms. The molecule has 0 radical (unpaired) electrons. The standard InChI is InChI=1S/C21H22BrN3O3/c1-13-12-18(13)21(28)25-17-6-2-14(3-7-17)20(27)23-11-10-19(26)24-16-8-4-15(22)5-9-16/h2-9,13,18H,10-12H2,1H3,(H,23,27)(H,24,26)(H,25,28). The van der Waals surface area contributed by atoms with Crippen LogP contribution in [0.2, 0.25) is 0 Å². The van der Waals surface area contributed by atoms with Crippen LogP contribution in [0, 0.1) is 11.8 Å². The SMILES string of the molecule is CC1CC1C(=O)Nc1ccc(C(=O)NCCC(=O)Nc2ccc(Br)cc2)cc1. The monoisotopic (exact) mass is 443 g/mol. The molecule has 0 spiro atoms. The van der Waals surface area contributed by atoms with Crippen molar-refractivity contribution in [2.45, 2.75) is 19.8 Å². The number of hydrogen-bond acceptors (Lipinski definition) is 3. The maximum absolute atomic E-state index is 12.2. The maximum atomic E-state index is 12.2. The van der Waals surface area contributed by atoms with Crippen molar-refractivity contribution in [2.24, 2.45) is 11.8 Å². The van der Waals surface area contributed by atoms with E-state index in [4.69, 9.17) is 0 Å². The van der Waals surface area contributed by atoms with Crippen molar-refractivity contribution in [3.8, 4) is 0 Å². The van der Waals surface area contributed by atoms with Crippen LogP contribution in [-0.4, -0.2) is 24.3 Å². The Morgan fingerprint density at radius 3 is 2.14 bits per heavy atom. The highest BCUT2D eigenvalue weighted by molar-refractivity contribution is 9.10. The van der Waals surface area contributed by atoms with Gasteiger partial charge < -0.3 is 16.0 Å². The highest BCUT2D eigenvalue weighted by atomic mass is 79.9. The predicted molar refractivity (Wildman–Crippen MR) is 112 cm³/mol. The topological polar surface area (TPSA) is 87.3 Å². The lowest BCUT2D eigenvalue weighted by molar-refractivity contribution is -0.117. The van der Waals surface area contributed by atoms with Crippen LogP contribution in [0.4, 0.5) is 11.4 Å². The summed E-state index contributed by atoms with van der Waals surface area (Å²) in [7, 11) is 0. The number of amides is 3. The van der Waals surface area contributed by atoms with Gasteiger partial charge in [0, 0.05) is 40.3 Å². The highest BCUT2D eigenvalue weighted by Gasteiger charge is 2.39. The zero-order valence-corrected chi connectivity index (χ0v) is 17.1. The Hall–Kier alpha value is -2.67. The van der Waals surface area contributed by atoms with Crippen LogP contribution in [0.1, 0.15) is 30.1 Å². The first-order chi connectivity index (χ1) is 13.4. The largest absolute Gasteiger partial charge is 0.352 e. The fourth-order valence-electron chi connectivity index (χ4n) is 2.78. The molecule has 7 heteroatoms. The molecule has 1 fully saturated rings. The molecule has 1 saturated carbocycles. The van der Waals surface area contributed by atoms with E-state index in [1.807, 2.05) is 12.1 Å². The molecule has 0 aromatic heterocycles. The molecule has 2 unspecified atom stereocenters. The molecule has 146 valence electrons. The van der Waals surface area contributed by atoms with Gasteiger partial charge >= 0.3 is 0 Å². The van der Waals surface area contributed by atoms with Crippen molar-refractivity contribution in [1.29, 1.82) is 0 Å². The van der Waals surface area contributed by atoms with E-state index in [2.05, 4.69) is 38.8 Å². The number of halogens is 1. The lowest BCUT2D eigenvalue weighted by atomic mass is 10.2. The van der Waals surface area contributed by atoms with Gasteiger partial charge in [-0.25, -0.2) is 0 Å². The summed E-state index contributed by atoms with van der Waals surface area (Å²) in [5.41, 5.74) is 1.86. The molecule has 2 aromatic rings. The summed E-state index contributed by atoms with van der Waals surface area (Å²) < 4.78 is 0.936. The van der Waals surface area contributed by atoms with E-state index >= 15 is 0 Å². The van der Waals surface area contributed by atoms with Crippen LogP contribution in [-0.2, 0) is 9.59 Å². The maximum Gasteiger partial charge on any atom is 0.251 e. The Labute approximate surface area is 172 Å². The van der Waals surface area contributed by atoms with Crippen LogP contribution in [0.5, 0.6) is 0 Å². The molecular weight excluding hydrogens is 422 g/mol. The summed E-state index contributed by atoms with van der Waals surface area (Å²) in [6, 6.07) is 14.0. The van der Waals surface area contributed by atoms with Gasteiger partial charge in [0.1, 0.15) is 0 Å². The molecule has 1 aliphatic carbocycles. The second kappa shape index (κ2) is 9.01. The van der Waals surface area contributed by atoms with Gasteiger partial charge in [0.2, 0.25) is 11.8 Å². The predicted octanol–water partition coefficient (Wildman–Crippen LogP) is 3.80. The van der Waals surface area contributed by atoms with E-state index in [9.17, 15) is 14.4 Å². The molecule has 2 aromatic carbocycles. The third kappa shape index (κ3) is 5.66. The summed E-state index contributed by atoms with van der Waals surface area (Å²) in [6.07, 6.45) is 1.11. The second-order valence-electron chi connectivity index (χ2n) is 6.95. The molecule has 6 nitrogen and oxygen atoms in total. The van der Waals surface area contributed by atoms with Crippen LogP contribution in [0.3, 0.4) is 0 Å². The van der Waals surface area contributed by atoms with Gasteiger partial charge in [0.15, 0.2) is 0 Å². The number of anilines is 2. The Kier molecular flexibility index (Phi) is 6.46.